The Labute approximate surface area is 119 Å². The highest BCUT2D eigenvalue weighted by Crippen LogP contribution is 2.40. The minimum absolute atomic E-state index is 0.0816. The molecule has 1 amide bonds. The first-order chi connectivity index (χ1) is 8.00. The quantitative estimate of drug-likeness (QED) is 0.795. The molecule has 0 unspecified atom stereocenters. The molecule has 1 saturated heterocycles. The highest BCUT2D eigenvalue weighted by atomic mass is 35.5. The van der Waals surface area contributed by atoms with Crippen LogP contribution in [0.2, 0.25) is 14.4 Å². The zero-order valence-corrected chi connectivity index (χ0v) is 12.3. The van der Waals surface area contributed by atoms with Gasteiger partial charge in [0.25, 0.3) is 5.91 Å². The third kappa shape index (κ3) is 2.71. The van der Waals surface area contributed by atoms with Crippen LogP contribution in [0.4, 0.5) is 0 Å². The number of amides is 1. The van der Waals surface area contributed by atoms with E-state index in [2.05, 4.69) is 4.90 Å². The lowest BCUT2D eigenvalue weighted by Crippen LogP contribution is -2.47. The van der Waals surface area contributed by atoms with Gasteiger partial charge in [-0.15, -0.1) is 11.3 Å². The molecule has 0 N–H and O–H groups in total. The number of likely N-dealkylation sites (N-methyl/N-ethyl adjacent to an activating group) is 1. The SMILES string of the molecule is CN1CCN(C(=O)c2sc(Cl)c(Cl)c2Cl)CC1. The molecule has 3 nitrogen and oxygen atoms in total. The van der Waals surface area contributed by atoms with Crippen LogP contribution in [0.1, 0.15) is 9.67 Å². The molecule has 0 spiro atoms. The largest absolute Gasteiger partial charge is 0.335 e. The molecule has 2 heterocycles. The van der Waals surface area contributed by atoms with Crippen molar-refractivity contribution in [2.24, 2.45) is 0 Å². The third-order valence-corrected chi connectivity index (χ3v) is 5.30. The summed E-state index contributed by atoms with van der Waals surface area (Å²) >= 11 is 18.9. The summed E-state index contributed by atoms with van der Waals surface area (Å²) in [5.41, 5.74) is 0. The summed E-state index contributed by atoms with van der Waals surface area (Å²) in [5.74, 6) is -0.0816. The number of rotatable bonds is 1. The average Bonchev–Trinajstić information content (AvgIpc) is 2.57. The Morgan fingerprint density at radius 2 is 1.71 bits per heavy atom. The summed E-state index contributed by atoms with van der Waals surface area (Å²) < 4.78 is 0.370. The van der Waals surface area contributed by atoms with Gasteiger partial charge < -0.3 is 9.80 Å². The number of carbonyl (C=O) groups excluding carboxylic acids is 1. The Morgan fingerprint density at radius 1 is 1.12 bits per heavy atom. The highest BCUT2D eigenvalue weighted by molar-refractivity contribution is 7.19. The van der Waals surface area contributed by atoms with Crippen molar-refractivity contribution in [3.63, 3.8) is 0 Å². The third-order valence-electron chi connectivity index (χ3n) is 2.74. The Hall–Kier alpha value is -0.000000000000000167. The number of nitrogens with zero attached hydrogens (tertiary/aromatic N) is 2. The summed E-state index contributed by atoms with van der Waals surface area (Å²) in [6.07, 6.45) is 0. The molecule has 94 valence electrons. The molecule has 2 rings (SSSR count). The van der Waals surface area contributed by atoms with Crippen LogP contribution in [0, 0.1) is 0 Å². The lowest BCUT2D eigenvalue weighted by molar-refractivity contribution is 0.0669. The standard InChI is InChI=1S/C10H11Cl3N2OS/c1-14-2-4-15(5-3-14)10(16)8-6(11)7(12)9(13)17-8/h2-5H2,1H3. The molecule has 1 aliphatic rings. The zero-order valence-electron chi connectivity index (χ0n) is 9.17. The second-order valence-corrected chi connectivity index (χ2v) is 6.31. The Morgan fingerprint density at radius 3 is 2.18 bits per heavy atom. The van der Waals surface area contributed by atoms with Crippen LogP contribution >= 0.6 is 46.1 Å². The summed E-state index contributed by atoms with van der Waals surface area (Å²) in [7, 11) is 2.04. The minimum Gasteiger partial charge on any atom is -0.335 e. The molecule has 0 radical (unpaired) electrons. The van der Waals surface area contributed by atoms with E-state index in [9.17, 15) is 4.79 Å². The predicted molar refractivity (Wildman–Crippen MR) is 72.7 cm³/mol. The molecular weight excluding hydrogens is 303 g/mol. The fourth-order valence-corrected chi connectivity index (χ4v) is 3.42. The summed E-state index contributed by atoms with van der Waals surface area (Å²) in [6.45, 7) is 3.16. The number of thiophene rings is 1. The van der Waals surface area contributed by atoms with Gasteiger partial charge in [-0.05, 0) is 7.05 Å². The maximum atomic E-state index is 12.2. The molecule has 0 atom stereocenters. The molecule has 0 bridgehead atoms. The van der Waals surface area contributed by atoms with E-state index in [1.54, 1.807) is 4.90 Å². The van der Waals surface area contributed by atoms with E-state index in [1.165, 1.54) is 0 Å². The molecule has 7 heteroatoms. The van der Waals surface area contributed by atoms with Crippen molar-refractivity contribution in [1.29, 1.82) is 0 Å². The molecule has 1 fully saturated rings. The van der Waals surface area contributed by atoms with Crippen LogP contribution in [0.15, 0.2) is 0 Å². The van der Waals surface area contributed by atoms with Crippen molar-refractivity contribution >= 4 is 52.0 Å². The minimum atomic E-state index is -0.0816. The van der Waals surface area contributed by atoms with Crippen LogP contribution in [-0.4, -0.2) is 48.9 Å². The fourth-order valence-electron chi connectivity index (χ4n) is 1.66. The molecule has 1 aliphatic heterocycles. The molecule has 1 aromatic rings. The molecule has 17 heavy (non-hydrogen) atoms. The first-order valence-electron chi connectivity index (χ1n) is 5.12. The van der Waals surface area contributed by atoms with Gasteiger partial charge in [-0.2, -0.15) is 0 Å². The van der Waals surface area contributed by atoms with Crippen molar-refractivity contribution in [2.45, 2.75) is 0 Å². The Kier molecular flexibility index (Phi) is 4.21. The van der Waals surface area contributed by atoms with E-state index >= 15 is 0 Å². The van der Waals surface area contributed by atoms with Gasteiger partial charge in [0.2, 0.25) is 0 Å². The topological polar surface area (TPSA) is 23.6 Å². The number of halogens is 3. The molecular formula is C10H11Cl3N2OS. The van der Waals surface area contributed by atoms with Crippen molar-refractivity contribution in [3.05, 3.63) is 19.3 Å². The van der Waals surface area contributed by atoms with E-state index in [1.807, 2.05) is 7.05 Å². The summed E-state index contributed by atoms with van der Waals surface area (Å²) in [4.78, 5) is 16.6. The molecule has 0 aromatic carbocycles. The maximum absolute atomic E-state index is 12.2. The number of hydrogen-bond acceptors (Lipinski definition) is 3. The lowest BCUT2D eigenvalue weighted by atomic mass is 10.3. The van der Waals surface area contributed by atoms with E-state index in [-0.39, 0.29) is 16.0 Å². The second kappa shape index (κ2) is 5.33. The predicted octanol–water partition coefficient (Wildman–Crippen LogP) is 3.10. The van der Waals surface area contributed by atoms with Gasteiger partial charge in [0.1, 0.15) is 9.21 Å². The van der Waals surface area contributed by atoms with E-state index in [4.69, 9.17) is 34.8 Å². The van der Waals surface area contributed by atoms with Gasteiger partial charge in [-0.1, -0.05) is 34.8 Å². The number of hydrogen-bond donors (Lipinski definition) is 0. The summed E-state index contributed by atoms with van der Waals surface area (Å²) in [5, 5.41) is 0.543. The second-order valence-electron chi connectivity index (χ2n) is 3.93. The molecule has 1 aromatic heterocycles. The summed E-state index contributed by atoms with van der Waals surface area (Å²) in [6, 6.07) is 0. The van der Waals surface area contributed by atoms with Crippen molar-refractivity contribution in [3.8, 4) is 0 Å². The van der Waals surface area contributed by atoms with Crippen molar-refractivity contribution in [2.75, 3.05) is 33.2 Å². The van der Waals surface area contributed by atoms with Crippen molar-refractivity contribution < 1.29 is 4.79 Å². The lowest BCUT2D eigenvalue weighted by Gasteiger charge is -2.32. The number of carbonyl (C=O) groups is 1. The first kappa shape index (κ1) is 13.4. The smallest absolute Gasteiger partial charge is 0.265 e. The van der Waals surface area contributed by atoms with Gasteiger partial charge in [0.15, 0.2) is 0 Å². The van der Waals surface area contributed by atoms with E-state index in [0.717, 1.165) is 24.4 Å². The Bertz CT molecular complexity index is 441. The Balaban J connectivity index is 2.17. The maximum Gasteiger partial charge on any atom is 0.265 e. The monoisotopic (exact) mass is 312 g/mol. The normalized spacial score (nSPS) is 17.5. The molecule has 0 aliphatic carbocycles. The first-order valence-corrected chi connectivity index (χ1v) is 7.07. The zero-order chi connectivity index (χ0) is 12.6. The van der Waals surface area contributed by atoms with Gasteiger partial charge in [-0.3, -0.25) is 4.79 Å². The fraction of sp³-hybridized carbons (Fsp3) is 0.500. The van der Waals surface area contributed by atoms with Crippen LogP contribution < -0.4 is 0 Å². The highest BCUT2D eigenvalue weighted by Gasteiger charge is 2.26. The van der Waals surface area contributed by atoms with Gasteiger partial charge >= 0.3 is 0 Å². The van der Waals surface area contributed by atoms with Crippen molar-refractivity contribution in [1.82, 2.24) is 9.80 Å². The van der Waals surface area contributed by atoms with Gasteiger partial charge in [0.05, 0.1) is 10.0 Å². The van der Waals surface area contributed by atoms with Gasteiger partial charge in [-0.25, -0.2) is 0 Å². The van der Waals surface area contributed by atoms with E-state index < -0.39 is 0 Å². The molecule has 0 saturated carbocycles. The van der Waals surface area contributed by atoms with Crippen LogP contribution in [0.3, 0.4) is 0 Å². The van der Waals surface area contributed by atoms with E-state index in [0.29, 0.717) is 22.3 Å². The van der Waals surface area contributed by atoms with Gasteiger partial charge in [0, 0.05) is 26.2 Å². The van der Waals surface area contributed by atoms with Crippen LogP contribution in [0.25, 0.3) is 0 Å². The average molecular weight is 314 g/mol. The number of piperazine rings is 1. The van der Waals surface area contributed by atoms with Crippen LogP contribution in [-0.2, 0) is 0 Å². The van der Waals surface area contributed by atoms with Crippen LogP contribution in [0.5, 0.6) is 0 Å².